The van der Waals surface area contributed by atoms with Gasteiger partial charge in [0.15, 0.2) is 11.0 Å². The van der Waals surface area contributed by atoms with E-state index >= 15 is 0 Å². The summed E-state index contributed by atoms with van der Waals surface area (Å²) in [5.74, 6) is 2.66. The van der Waals surface area contributed by atoms with Gasteiger partial charge in [-0.25, -0.2) is 0 Å². The molecular weight excluding hydrogens is 302 g/mol. The molecule has 0 aliphatic rings. The molecule has 108 valence electrons. The Morgan fingerprint density at radius 2 is 2.00 bits per heavy atom. The maximum atomic E-state index is 5.16. The smallest absolute Gasteiger partial charge is 0.191 e. The van der Waals surface area contributed by atoms with E-state index in [-0.39, 0.29) is 0 Å². The van der Waals surface area contributed by atoms with Crippen molar-refractivity contribution in [3.05, 3.63) is 47.3 Å². The highest BCUT2D eigenvalue weighted by atomic mass is 32.2. The number of methoxy groups -OCH3 is 1. The molecule has 0 unspecified atom stereocenters. The fourth-order valence-electron chi connectivity index (χ4n) is 1.93. The van der Waals surface area contributed by atoms with Crippen molar-refractivity contribution in [2.24, 2.45) is 7.05 Å². The third-order valence-corrected chi connectivity index (χ3v) is 5.06. The largest absolute Gasteiger partial charge is 0.497 e. The lowest BCUT2D eigenvalue weighted by Gasteiger charge is -2.04. The zero-order chi connectivity index (χ0) is 14.7. The summed E-state index contributed by atoms with van der Waals surface area (Å²) >= 11 is 3.36. The van der Waals surface area contributed by atoms with E-state index in [0.29, 0.717) is 0 Å². The quantitative estimate of drug-likeness (QED) is 0.670. The third kappa shape index (κ3) is 3.11. The first-order valence-corrected chi connectivity index (χ1v) is 8.33. The first kappa shape index (κ1) is 14.2. The second-order valence-corrected chi connectivity index (χ2v) is 6.37. The van der Waals surface area contributed by atoms with Crippen LogP contribution in [0.25, 0.3) is 10.7 Å². The van der Waals surface area contributed by atoms with Gasteiger partial charge >= 0.3 is 0 Å². The molecule has 0 saturated carbocycles. The van der Waals surface area contributed by atoms with Crippen LogP contribution in [-0.2, 0) is 12.8 Å². The molecule has 0 saturated heterocycles. The average Bonchev–Trinajstić information content (AvgIpc) is 3.15. The van der Waals surface area contributed by atoms with Gasteiger partial charge in [-0.15, -0.1) is 21.5 Å². The lowest BCUT2D eigenvalue weighted by atomic mass is 10.2. The van der Waals surface area contributed by atoms with Gasteiger partial charge in [0, 0.05) is 12.8 Å². The van der Waals surface area contributed by atoms with Gasteiger partial charge in [0.1, 0.15) is 5.75 Å². The van der Waals surface area contributed by atoms with Gasteiger partial charge in [0.2, 0.25) is 0 Å². The fraction of sp³-hybridized carbons (Fsp3) is 0.200. The Morgan fingerprint density at radius 1 is 1.19 bits per heavy atom. The Bertz CT molecular complexity index is 705. The van der Waals surface area contributed by atoms with Gasteiger partial charge in [-0.05, 0) is 29.1 Å². The first-order valence-electron chi connectivity index (χ1n) is 6.47. The summed E-state index contributed by atoms with van der Waals surface area (Å²) in [6.45, 7) is 0. The monoisotopic (exact) mass is 317 g/mol. The molecule has 0 atom stereocenters. The number of benzene rings is 1. The van der Waals surface area contributed by atoms with Crippen molar-refractivity contribution in [3.8, 4) is 16.5 Å². The topological polar surface area (TPSA) is 39.9 Å². The van der Waals surface area contributed by atoms with Crippen molar-refractivity contribution in [2.45, 2.75) is 10.9 Å². The average molecular weight is 317 g/mol. The minimum atomic E-state index is 0.862. The van der Waals surface area contributed by atoms with Crippen molar-refractivity contribution in [3.63, 3.8) is 0 Å². The van der Waals surface area contributed by atoms with Gasteiger partial charge in [0.25, 0.3) is 0 Å². The molecule has 2 heterocycles. The Kier molecular flexibility index (Phi) is 4.26. The minimum absolute atomic E-state index is 0.862. The third-order valence-electron chi connectivity index (χ3n) is 3.10. The molecule has 0 aliphatic carbocycles. The predicted octanol–water partition coefficient (Wildman–Crippen LogP) is 3.84. The van der Waals surface area contributed by atoms with Gasteiger partial charge in [0.05, 0.1) is 12.0 Å². The Morgan fingerprint density at radius 3 is 2.67 bits per heavy atom. The highest BCUT2D eigenvalue weighted by molar-refractivity contribution is 7.98. The maximum absolute atomic E-state index is 5.16. The Labute approximate surface area is 131 Å². The standard InChI is InChI=1S/C15H15N3OS2/c1-18-14(13-4-3-9-20-13)16-17-15(18)21-10-11-5-7-12(19-2)8-6-11/h3-9H,10H2,1-2H3. The van der Waals surface area contributed by atoms with Crippen LogP contribution in [0.4, 0.5) is 0 Å². The van der Waals surface area contributed by atoms with E-state index in [1.54, 1.807) is 30.2 Å². The highest BCUT2D eigenvalue weighted by Gasteiger charge is 2.11. The summed E-state index contributed by atoms with van der Waals surface area (Å²) in [4.78, 5) is 1.14. The van der Waals surface area contributed by atoms with Crippen molar-refractivity contribution in [2.75, 3.05) is 7.11 Å². The van der Waals surface area contributed by atoms with Gasteiger partial charge in [-0.2, -0.15) is 0 Å². The molecule has 3 rings (SSSR count). The predicted molar refractivity (Wildman–Crippen MR) is 86.9 cm³/mol. The Balaban J connectivity index is 1.70. The van der Waals surface area contributed by atoms with Crippen molar-refractivity contribution < 1.29 is 4.74 Å². The Hall–Kier alpha value is -1.79. The van der Waals surface area contributed by atoms with Crippen LogP contribution >= 0.6 is 23.1 Å². The normalized spacial score (nSPS) is 10.8. The van der Waals surface area contributed by atoms with E-state index in [0.717, 1.165) is 27.4 Å². The van der Waals surface area contributed by atoms with Crippen LogP contribution in [0.3, 0.4) is 0 Å². The van der Waals surface area contributed by atoms with Crippen molar-refractivity contribution in [1.82, 2.24) is 14.8 Å². The number of ether oxygens (including phenoxy) is 1. The zero-order valence-electron chi connectivity index (χ0n) is 11.8. The number of aromatic nitrogens is 3. The van der Waals surface area contributed by atoms with E-state index in [1.165, 1.54) is 5.56 Å². The van der Waals surface area contributed by atoms with Crippen LogP contribution in [0.2, 0.25) is 0 Å². The zero-order valence-corrected chi connectivity index (χ0v) is 13.4. The SMILES string of the molecule is COc1ccc(CSc2nnc(-c3cccs3)n2C)cc1. The van der Waals surface area contributed by atoms with Crippen LogP contribution in [-0.4, -0.2) is 21.9 Å². The van der Waals surface area contributed by atoms with E-state index < -0.39 is 0 Å². The fourth-order valence-corrected chi connectivity index (χ4v) is 3.54. The number of hydrogen-bond acceptors (Lipinski definition) is 5. The number of rotatable bonds is 5. The lowest BCUT2D eigenvalue weighted by Crippen LogP contribution is -1.94. The molecule has 21 heavy (non-hydrogen) atoms. The van der Waals surface area contributed by atoms with E-state index in [1.807, 2.05) is 35.2 Å². The summed E-state index contributed by atoms with van der Waals surface area (Å²) in [6, 6.07) is 12.2. The van der Waals surface area contributed by atoms with Gasteiger partial charge in [-0.1, -0.05) is 30.0 Å². The van der Waals surface area contributed by atoms with Crippen molar-refractivity contribution >= 4 is 23.1 Å². The van der Waals surface area contributed by atoms with Gasteiger partial charge < -0.3 is 9.30 Å². The molecule has 6 heteroatoms. The molecule has 4 nitrogen and oxygen atoms in total. The van der Waals surface area contributed by atoms with Crippen LogP contribution in [0.15, 0.2) is 46.9 Å². The van der Waals surface area contributed by atoms with Crippen LogP contribution in [0.5, 0.6) is 5.75 Å². The van der Waals surface area contributed by atoms with Gasteiger partial charge in [-0.3, -0.25) is 0 Å². The first-order chi connectivity index (χ1) is 10.3. The minimum Gasteiger partial charge on any atom is -0.497 e. The van der Waals surface area contributed by atoms with Crippen molar-refractivity contribution in [1.29, 1.82) is 0 Å². The number of nitrogens with zero attached hydrogens (tertiary/aromatic N) is 3. The number of thiophene rings is 1. The molecule has 3 aromatic rings. The second kappa shape index (κ2) is 6.32. The van der Waals surface area contributed by atoms with E-state index in [4.69, 9.17) is 4.74 Å². The molecule has 0 N–H and O–H groups in total. The molecule has 2 aromatic heterocycles. The summed E-state index contributed by atoms with van der Waals surface area (Å²) < 4.78 is 7.21. The molecule has 0 spiro atoms. The molecule has 0 radical (unpaired) electrons. The molecule has 1 aromatic carbocycles. The second-order valence-electron chi connectivity index (χ2n) is 4.48. The summed E-state index contributed by atoms with van der Waals surface area (Å²) in [6.07, 6.45) is 0. The molecule has 0 bridgehead atoms. The summed E-state index contributed by atoms with van der Waals surface area (Å²) in [7, 11) is 3.68. The number of hydrogen-bond donors (Lipinski definition) is 0. The summed E-state index contributed by atoms with van der Waals surface area (Å²) in [5, 5.41) is 11.5. The lowest BCUT2D eigenvalue weighted by molar-refractivity contribution is 0.414. The van der Waals surface area contributed by atoms with Crippen LogP contribution < -0.4 is 4.74 Å². The number of thioether (sulfide) groups is 1. The molecule has 0 fully saturated rings. The van der Waals surface area contributed by atoms with E-state index in [2.05, 4.69) is 28.4 Å². The maximum Gasteiger partial charge on any atom is 0.191 e. The molecule has 0 amide bonds. The molecular formula is C15H15N3OS2. The highest BCUT2D eigenvalue weighted by Crippen LogP contribution is 2.27. The van der Waals surface area contributed by atoms with Crippen LogP contribution in [0, 0.1) is 0 Å². The summed E-state index contributed by atoms with van der Waals surface area (Å²) in [5.41, 5.74) is 1.24. The molecule has 0 aliphatic heterocycles. The van der Waals surface area contributed by atoms with Crippen LogP contribution in [0.1, 0.15) is 5.56 Å². The van der Waals surface area contributed by atoms with E-state index in [9.17, 15) is 0 Å².